The molecular weight excluding hydrogens is 160 g/mol. The van der Waals surface area contributed by atoms with Gasteiger partial charge in [-0.2, -0.15) is 0 Å². The van der Waals surface area contributed by atoms with Crippen molar-refractivity contribution in [1.82, 2.24) is 4.90 Å². The van der Waals surface area contributed by atoms with Gasteiger partial charge in [0, 0.05) is 6.04 Å². The van der Waals surface area contributed by atoms with Crippen molar-refractivity contribution in [2.75, 3.05) is 26.9 Å². The molecule has 1 aliphatic heterocycles. The number of hydrogen-bond acceptors (Lipinski definition) is 1. The van der Waals surface area contributed by atoms with Gasteiger partial charge in [-0.1, -0.05) is 19.3 Å². The van der Waals surface area contributed by atoms with Crippen LogP contribution in [0, 0.1) is 0 Å². The van der Waals surface area contributed by atoms with Crippen LogP contribution in [0.15, 0.2) is 0 Å². The van der Waals surface area contributed by atoms with Crippen molar-refractivity contribution >= 4 is 0 Å². The molecule has 0 unspecified atom stereocenters. The van der Waals surface area contributed by atoms with E-state index in [1.54, 1.807) is 0 Å². The zero-order valence-electron chi connectivity index (χ0n) is 9.13. The lowest BCUT2D eigenvalue weighted by atomic mass is 9.94. The fourth-order valence-electron chi connectivity index (χ4n) is 2.71. The Morgan fingerprint density at radius 1 is 1.15 bits per heavy atom. The molecule has 13 heavy (non-hydrogen) atoms. The lowest BCUT2D eigenvalue weighted by molar-refractivity contribution is -0.979. The van der Waals surface area contributed by atoms with Gasteiger partial charge in [0.2, 0.25) is 0 Å². The fraction of sp³-hybridized carbons (Fsp3) is 1.00. The van der Waals surface area contributed by atoms with Gasteiger partial charge in [0.05, 0.1) is 13.6 Å². The predicted octanol–water partition coefficient (Wildman–Crippen LogP) is 2.02. The monoisotopic (exact) mass is 183 g/mol. The van der Waals surface area contributed by atoms with Crippen LogP contribution in [0.1, 0.15) is 39.0 Å². The molecule has 0 bridgehead atoms. The molecule has 2 rings (SSSR count). The van der Waals surface area contributed by atoms with E-state index in [4.69, 9.17) is 0 Å². The van der Waals surface area contributed by atoms with E-state index < -0.39 is 0 Å². The summed E-state index contributed by atoms with van der Waals surface area (Å²) in [5.74, 6) is 0. The van der Waals surface area contributed by atoms with Gasteiger partial charge in [-0.25, -0.2) is 4.90 Å². The van der Waals surface area contributed by atoms with Crippen LogP contribution >= 0.6 is 0 Å². The second-order valence-corrected chi connectivity index (χ2v) is 5.10. The number of nitrogens with zero attached hydrogens (tertiary/aromatic N) is 2. The summed E-state index contributed by atoms with van der Waals surface area (Å²) in [5, 5.41) is 0. The van der Waals surface area contributed by atoms with Gasteiger partial charge in [-0.3, -0.25) is 0 Å². The highest BCUT2D eigenvalue weighted by molar-refractivity contribution is 4.75. The molecule has 1 saturated heterocycles. The molecule has 1 heterocycles. The highest BCUT2D eigenvalue weighted by Gasteiger charge is 2.40. The second-order valence-electron chi connectivity index (χ2n) is 5.10. The van der Waals surface area contributed by atoms with Gasteiger partial charge >= 0.3 is 0 Å². The van der Waals surface area contributed by atoms with Crippen LogP contribution in [0.3, 0.4) is 0 Å². The summed E-state index contributed by atoms with van der Waals surface area (Å²) in [6.07, 6.45) is 7.34. The van der Waals surface area contributed by atoms with Gasteiger partial charge in [0.1, 0.15) is 13.3 Å². The topological polar surface area (TPSA) is 3.24 Å². The third kappa shape index (κ3) is 1.89. The summed E-state index contributed by atoms with van der Waals surface area (Å²) >= 11 is 0. The molecule has 0 aromatic rings. The summed E-state index contributed by atoms with van der Waals surface area (Å²) in [4.78, 5) is 2.70. The summed E-state index contributed by atoms with van der Waals surface area (Å²) in [6, 6.07) is 0.937. The zero-order valence-corrected chi connectivity index (χ0v) is 9.13. The van der Waals surface area contributed by atoms with E-state index in [9.17, 15) is 0 Å². The third-order valence-electron chi connectivity index (χ3n) is 3.90. The highest BCUT2D eigenvalue weighted by Crippen LogP contribution is 2.28. The van der Waals surface area contributed by atoms with E-state index >= 15 is 0 Å². The molecule has 0 N–H and O–H groups in total. The smallest absolute Gasteiger partial charge is 0.140 e. The van der Waals surface area contributed by atoms with Crippen LogP contribution in [0.25, 0.3) is 0 Å². The summed E-state index contributed by atoms with van der Waals surface area (Å²) < 4.78 is 1.27. The summed E-state index contributed by atoms with van der Waals surface area (Å²) in [7, 11) is 2.37. The zero-order chi connectivity index (χ0) is 9.31. The number of rotatable bonds is 2. The van der Waals surface area contributed by atoms with Crippen molar-refractivity contribution in [3.63, 3.8) is 0 Å². The van der Waals surface area contributed by atoms with Crippen LogP contribution < -0.4 is 0 Å². The fourth-order valence-corrected chi connectivity index (χ4v) is 2.71. The molecular formula is C11H23N2+. The predicted molar refractivity (Wildman–Crippen MR) is 55.2 cm³/mol. The Bertz CT molecular complexity index is 167. The van der Waals surface area contributed by atoms with Crippen molar-refractivity contribution < 1.29 is 4.48 Å². The minimum absolute atomic E-state index is 0.937. The van der Waals surface area contributed by atoms with Crippen molar-refractivity contribution in [1.29, 1.82) is 0 Å². The Hall–Kier alpha value is -0.0800. The molecule has 0 aromatic carbocycles. The molecule has 1 saturated carbocycles. The second kappa shape index (κ2) is 3.58. The standard InChI is InChI=1S/C11H23N2/c1-3-13(2)9-12(10-13)11-7-5-4-6-8-11/h11H,3-10H2,1-2H3/q+1. The van der Waals surface area contributed by atoms with E-state index in [1.807, 2.05) is 0 Å². The molecule has 76 valence electrons. The Kier molecular flexibility index (Phi) is 2.61. The van der Waals surface area contributed by atoms with E-state index in [0.29, 0.717) is 0 Å². The van der Waals surface area contributed by atoms with Crippen molar-refractivity contribution in [2.45, 2.75) is 45.1 Å². The third-order valence-corrected chi connectivity index (χ3v) is 3.90. The lowest BCUT2D eigenvalue weighted by Crippen LogP contribution is -2.69. The van der Waals surface area contributed by atoms with Crippen molar-refractivity contribution in [3.8, 4) is 0 Å². The first-order valence-corrected chi connectivity index (χ1v) is 5.81. The van der Waals surface area contributed by atoms with Gasteiger partial charge in [-0.15, -0.1) is 0 Å². The molecule has 0 aromatic heterocycles. The van der Waals surface area contributed by atoms with Gasteiger partial charge < -0.3 is 4.48 Å². The molecule has 0 atom stereocenters. The molecule has 1 aliphatic carbocycles. The van der Waals surface area contributed by atoms with Crippen LogP contribution in [0.5, 0.6) is 0 Å². The molecule has 2 nitrogen and oxygen atoms in total. The molecule has 0 radical (unpaired) electrons. The number of quaternary nitrogens is 1. The maximum absolute atomic E-state index is 2.70. The Morgan fingerprint density at radius 3 is 2.31 bits per heavy atom. The van der Waals surface area contributed by atoms with Gasteiger partial charge in [0.25, 0.3) is 0 Å². The average molecular weight is 183 g/mol. The Morgan fingerprint density at radius 2 is 1.77 bits per heavy atom. The maximum atomic E-state index is 2.70. The van der Waals surface area contributed by atoms with E-state index in [2.05, 4.69) is 18.9 Å². The van der Waals surface area contributed by atoms with Crippen LogP contribution in [-0.4, -0.2) is 42.4 Å². The van der Waals surface area contributed by atoms with E-state index in [0.717, 1.165) is 6.04 Å². The summed E-state index contributed by atoms with van der Waals surface area (Å²) in [6.45, 7) is 6.21. The quantitative estimate of drug-likeness (QED) is 0.592. The van der Waals surface area contributed by atoms with Crippen LogP contribution in [-0.2, 0) is 0 Å². The molecule has 2 aliphatic rings. The van der Waals surface area contributed by atoms with Gasteiger partial charge in [0.15, 0.2) is 0 Å². The normalized spacial score (nSPS) is 30.0. The minimum Gasteiger partial charge on any atom is -0.301 e. The summed E-state index contributed by atoms with van der Waals surface area (Å²) in [5.41, 5.74) is 0. The van der Waals surface area contributed by atoms with Crippen LogP contribution in [0.4, 0.5) is 0 Å². The molecule has 0 spiro atoms. The van der Waals surface area contributed by atoms with E-state index in [-0.39, 0.29) is 0 Å². The highest BCUT2D eigenvalue weighted by atomic mass is 15.6. The lowest BCUT2D eigenvalue weighted by Gasteiger charge is -2.52. The maximum Gasteiger partial charge on any atom is 0.140 e. The molecule has 2 heteroatoms. The Labute approximate surface area is 82.1 Å². The first-order chi connectivity index (χ1) is 6.23. The Balaban J connectivity index is 1.78. The van der Waals surface area contributed by atoms with E-state index in [1.165, 1.54) is 56.5 Å². The average Bonchev–Trinajstić information content (AvgIpc) is 2.14. The largest absolute Gasteiger partial charge is 0.301 e. The van der Waals surface area contributed by atoms with Crippen molar-refractivity contribution in [3.05, 3.63) is 0 Å². The minimum atomic E-state index is 0.937. The molecule has 0 amide bonds. The molecule has 2 fully saturated rings. The SMILES string of the molecule is CC[N+]1(C)CN(C2CCCCC2)C1. The van der Waals surface area contributed by atoms with Gasteiger partial charge in [-0.05, 0) is 19.8 Å². The van der Waals surface area contributed by atoms with Crippen LogP contribution in [0.2, 0.25) is 0 Å². The van der Waals surface area contributed by atoms with Crippen molar-refractivity contribution in [2.24, 2.45) is 0 Å². The first-order valence-electron chi connectivity index (χ1n) is 5.81. The number of hydrogen-bond donors (Lipinski definition) is 0. The first kappa shape index (κ1) is 9.47.